The number of hydrogen-bond acceptors (Lipinski definition) is 3. The molecule has 2 aromatic rings. The molecule has 2 fully saturated rings. The fourth-order valence-corrected chi connectivity index (χ4v) is 4.60. The molecule has 0 bridgehead atoms. The van der Waals surface area contributed by atoms with Crippen molar-refractivity contribution in [2.45, 2.75) is 44.7 Å². The number of amides is 1. The summed E-state index contributed by atoms with van der Waals surface area (Å²) in [6.07, 6.45) is 6.18. The highest BCUT2D eigenvalue weighted by Gasteiger charge is 2.30. The normalized spacial score (nSPS) is 20.6. The molecule has 25 heavy (non-hydrogen) atoms. The maximum absolute atomic E-state index is 12.7. The maximum Gasteiger partial charge on any atom is 0.237 e. The van der Waals surface area contributed by atoms with Gasteiger partial charge >= 0.3 is 0 Å². The molecule has 6 heteroatoms. The molecule has 2 aliphatic rings. The van der Waals surface area contributed by atoms with Gasteiger partial charge in [0.1, 0.15) is 0 Å². The van der Waals surface area contributed by atoms with Crippen LogP contribution in [0.5, 0.6) is 0 Å². The Bertz CT molecular complexity index is 781. The van der Waals surface area contributed by atoms with Crippen LogP contribution >= 0.6 is 11.6 Å². The Morgan fingerprint density at radius 1 is 1.20 bits per heavy atom. The third-order valence-corrected chi connectivity index (χ3v) is 5.94. The minimum atomic E-state index is 0.268. The Morgan fingerprint density at radius 2 is 2.00 bits per heavy atom. The maximum atomic E-state index is 12.7. The number of nitrogens with zero attached hydrogens (tertiary/aromatic N) is 4. The number of piperazine rings is 1. The summed E-state index contributed by atoms with van der Waals surface area (Å²) in [5, 5.41) is 6.38. The predicted molar refractivity (Wildman–Crippen MR) is 99.6 cm³/mol. The molecule has 1 saturated heterocycles. The Morgan fingerprint density at radius 3 is 2.76 bits per heavy atom. The quantitative estimate of drug-likeness (QED) is 0.844. The molecule has 0 atom stereocenters. The van der Waals surface area contributed by atoms with E-state index in [1.54, 1.807) is 0 Å². The highest BCUT2D eigenvalue weighted by Crippen LogP contribution is 2.28. The summed E-state index contributed by atoms with van der Waals surface area (Å²) in [6, 6.07) is 6.35. The average Bonchev–Trinajstić information content (AvgIpc) is 2.93. The SMILES string of the molecule is Cn1nc(CN2CCN(C3CCCCC3)C(=O)C2)c2c(Cl)cccc21. The van der Waals surface area contributed by atoms with Crippen LogP contribution in [0.3, 0.4) is 0 Å². The molecular weight excluding hydrogens is 336 g/mol. The second kappa shape index (κ2) is 6.96. The van der Waals surface area contributed by atoms with Gasteiger partial charge in [0.2, 0.25) is 5.91 Å². The van der Waals surface area contributed by atoms with E-state index in [1.807, 2.05) is 29.9 Å². The van der Waals surface area contributed by atoms with Crippen LogP contribution in [0.15, 0.2) is 18.2 Å². The van der Waals surface area contributed by atoms with Crippen LogP contribution in [-0.2, 0) is 18.4 Å². The Labute approximate surface area is 153 Å². The topological polar surface area (TPSA) is 41.4 Å². The van der Waals surface area contributed by atoms with Crippen LogP contribution in [0, 0.1) is 0 Å². The first kappa shape index (κ1) is 16.9. The molecule has 1 aliphatic carbocycles. The fraction of sp³-hybridized carbons (Fsp3) is 0.579. The summed E-state index contributed by atoms with van der Waals surface area (Å²) in [7, 11) is 1.94. The van der Waals surface area contributed by atoms with Crippen molar-refractivity contribution in [2.75, 3.05) is 19.6 Å². The molecular formula is C19H25ClN4O. The predicted octanol–water partition coefficient (Wildman–Crippen LogP) is 3.20. The van der Waals surface area contributed by atoms with E-state index < -0.39 is 0 Å². The lowest BCUT2D eigenvalue weighted by Crippen LogP contribution is -2.54. The number of rotatable bonds is 3. The van der Waals surface area contributed by atoms with Gasteiger partial charge in [-0.25, -0.2) is 0 Å². The van der Waals surface area contributed by atoms with E-state index in [1.165, 1.54) is 32.1 Å². The van der Waals surface area contributed by atoms with E-state index in [9.17, 15) is 4.79 Å². The van der Waals surface area contributed by atoms with Crippen molar-refractivity contribution in [2.24, 2.45) is 7.05 Å². The zero-order valence-electron chi connectivity index (χ0n) is 14.7. The number of hydrogen-bond donors (Lipinski definition) is 0. The van der Waals surface area contributed by atoms with Crippen LogP contribution < -0.4 is 0 Å². The van der Waals surface area contributed by atoms with Crippen LogP contribution in [-0.4, -0.2) is 51.2 Å². The van der Waals surface area contributed by atoms with Crippen LogP contribution in [0.25, 0.3) is 10.9 Å². The van der Waals surface area contributed by atoms with Gasteiger partial charge in [-0.15, -0.1) is 0 Å². The van der Waals surface area contributed by atoms with E-state index in [4.69, 9.17) is 11.6 Å². The monoisotopic (exact) mass is 360 g/mol. The molecule has 5 nitrogen and oxygen atoms in total. The first-order valence-corrected chi connectivity index (χ1v) is 9.63. The van der Waals surface area contributed by atoms with Crippen LogP contribution in [0.1, 0.15) is 37.8 Å². The number of aryl methyl sites for hydroxylation is 1. The molecule has 1 aromatic carbocycles. The standard InChI is InChI=1S/C19H25ClN4O/c1-22-17-9-5-8-15(20)19(17)16(21-22)12-23-10-11-24(18(25)13-23)14-6-3-2-4-7-14/h5,8-9,14H,2-4,6-7,10-13H2,1H3. The van der Waals surface area contributed by atoms with Crippen molar-refractivity contribution in [3.8, 4) is 0 Å². The van der Waals surface area contributed by atoms with Crippen molar-refractivity contribution in [1.29, 1.82) is 0 Å². The summed E-state index contributed by atoms with van der Waals surface area (Å²) in [5.74, 6) is 0.268. The Kier molecular flexibility index (Phi) is 4.69. The van der Waals surface area contributed by atoms with E-state index in [0.717, 1.165) is 34.7 Å². The minimum Gasteiger partial charge on any atom is -0.337 e. The van der Waals surface area contributed by atoms with Crippen molar-refractivity contribution >= 4 is 28.4 Å². The van der Waals surface area contributed by atoms with Gasteiger partial charge < -0.3 is 4.90 Å². The number of aromatic nitrogens is 2. The Balaban J connectivity index is 1.47. The smallest absolute Gasteiger partial charge is 0.237 e. The summed E-state index contributed by atoms with van der Waals surface area (Å²) in [4.78, 5) is 17.0. The van der Waals surface area contributed by atoms with E-state index in [0.29, 0.717) is 19.1 Å². The lowest BCUT2D eigenvalue weighted by atomic mass is 9.93. The van der Waals surface area contributed by atoms with Crippen molar-refractivity contribution in [1.82, 2.24) is 19.6 Å². The molecule has 2 heterocycles. The highest BCUT2D eigenvalue weighted by molar-refractivity contribution is 6.35. The van der Waals surface area contributed by atoms with Crippen molar-refractivity contribution in [3.63, 3.8) is 0 Å². The largest absolute Gasteiger partial charge is 0.337 e. The first-order chi connectivity index (χ1) is 12.1. The van der Waals surface area contributed by atoms with Gasteiger partial charge in [0, 0.05) is 38.1 Å². The molecule has 1 saturated carbocycles. The molecule has 0 N–H and O–H groups in total. The van der Waals surface area contributed by atoms with Crippen molar-refractivity contribution < 1.29 is 4.79 Å². The first-order valence-electron chi connectivity index (χ1n) is 9.25. The summed E-state index contributed by atoms with van der Waals surface area (Å²) in [6.45, 7) is 2.90. The lowest BCUT2D eigenvalue weighted by Gasteiger charge is -2.40. The van der Waals surface area contributed by atoms with Crippen LogP contribution in [0.4, 0.5) is 0 Å². The number of fused-ring (bicyclic) bond motifs is 1. The zero-order chi connectivity index (χ0) is 17.4. The van der Waals surface area contributed by atoms with Crippen molar-refractivity contribution in [3.05, 3.63) is 28.9 Å². The number of carbonyl (C=O) groups excluding carboxylic acids is 1. The number of halogens is 1. The van der Waals surface area contributed by atoms with E-state index in [-0.39, 0.29) is 5.91 Å². The van der Waals surface area contributed by atoms with Crippen LogP contribution in [0.2, 0.25) is 5.02 Å². The second-order valence-electron chi connectivity index (χ2n) is 7.29. The Hall–Kier alpha value is -1.59. The molecule has 0 radical (unpaired) electrons. The second-order valence-corrected chi connectivity index (χ2v) is 7.70. The molecule has 1 aliphatic heterocycles. The molecule has 1 amide bonds. The van der Waals surface area contributed by atoms with E-state index >= 15 is 0 Å². The number of carbonyl (C=O) groups is 1. The molecule has 1 aromatic heterocycles. The van der Waals surface area contributed by atoms with E-state index in [2.05, 4.69) is 14.9 Å². The lowest BCUT2D eigenvalue weighted by molar-refractivity contribution is -0.139. The minimum absolute atomic E-state index is 0.268. The molecule has 0 spiro atoms. The van der Waals surface area contributed by atoms with Gasteiger partial charge in [0.05, 0.1) is 22.8 Å². The third-order valence-electron chi connectivity index (χ3n) is 5.62. The summed E-state index contributed by atoms with van der Waals surface area (Å²) >= 11 is 6.40. The van der Waals surface area contributed by atoms with Gasteiger partial charge in [-0.05, 0) is 25.0 Å². The molecule has 134 valence electrons. The number of benzene rings is 1. The van der Waals surface area contributed by atoms with Gasteiger partial charge in [0.25, 0.3) is 0 Å². The average molecular weight is 361 g/mol. The summed E-state index contributed by atoms with van der Waals surface area (Å²) in [5.41, 5.74) is 2.00. The zero-order valence-corrected chi connectivity index (χ0v) is 15.5. The van der Waals surface area contributed by atoms with Gasteiger partial charge in [0.15, 0.2) is 0 Å². The summed E-state index contributed by atoms with van der Waals surface area (Å²) < 4.78 is 1.87. The van der Waals surface area contributed by atoms with Gasteiger partial charge in [-0.1, -0.05) is 36.9 Å². The fourth-order valence-electron chi connectivity index (χ4n) is 4.32. The third kappa shape index (κ3) is 3.27. The molecule has 0 unspecified atom stereocenters. The van der Waals surface area contributed by atoms with Gasteiger partial charge in [-0.3, -0.25) is 14.4 Å². The van der Waals surface area contributed by atoms with Gasteiger partial charge in [-0.2, -0.15) is 5.10 Å². The highest BCUT2D eigenvalue weighted by atomic mass is 35.5. The molecule has 4 rings (SSSR count).